The smallest absolute Gasteiger partial charge is 0.222 e. The minimum atomic E-state index is -0.927. The van der Waals surface area contributed by atoms with E-state index in [0.29, 0.717) is 12.3 Å². The van der Waals surface area contributed by atoms with Crippen LogP contribution in [0.3, 0.4) is 0 Å². The molecule has 0 aliphatic rings. The lowest BCUT2D eigenvalue weighted by atomic mass is 10.2. The van der Waals surface area contributed by atoms with E-state index in [-0.39, 0.29) is 11.8 Å². The van der Waals surface area contributed by atoms with E-state index in [4.69, 9.17) is 0 Å². The van der Waals surface area contributed by atoms with Crippen molar-refractivity contribution in [3.63, 3.8) is 0 Å². The monoisotopic (exact) mass is 281 g/mol. The number of benzene rings is 1. The average molecular weight is 281 g/mol. The van der Waals surface area contributed by atoms with Crippen LogP contribution < -0.4 is 5.32 Å². The molecule has 0 aliphatic carbocycles. The lowest BCUT2D eigenvalue weighted by Crippen LogP contribution is -2.28. The first-order valence-corrected chi connectivity index (χ1v) is 8.05. The van der Waals surface area contributed by atoms with Gasteiger partial charge in [0, 0.05) is 23.1 Å². The highest BCUT2D eigenvalue weighted by atomic mass is 32.2. The Labute approximate surface area is 118 Å². The summed E-state index contributed by atoms with van der Waals surface area (Å²) >= 11 is 0. The first-order valence-electron chi connectivity index (χ1n) is 6.73. The van der Waals surface area contributed by atoms with Gasteiger partial charge in [-0.3, -0.25) is 9.00 Å². The topological polar surface area (TPSA) is 46.2 Å². The Morgan fingerprint density at radius 3 is 2.42 bits per heavy atom. The Morgan fingerprint density at radius 2 is 1.84 bits per heavy atom. The van der Waals surface area contributed by atoms with E-state index in [2.05, 4.69) is 5.32 Å². The number of hydrogen-bond acceptors (Lipinski definition) is 2. The van der Waals surface area contributed by atoms with E-state index in [1.54, 1.807) is 0 Å². The van der Waals surface area contributed by atoms with Crippen molar-refractivity contribution in [3.05, 3.63) is 29.8 Å². The van der Waals surface area contributed by atoms with Crippen LogP contribution >= 0.6 is 0 Å². The van der Waals surface area contributed by atoms with Crippen molar-refractivity contribution in [3.8, 4) is 0 Å². The van der Waals surface area contributed by atoms with Gasteiger partial charge in [-0.2, -0.15) is 0 Å². The molecule has 4 heteroatoms. The Balaban J connectivity index is 2.21. The lowest BCUT2D eigenvalue weighted by molar-refractivity contribution is -0.123. The number of nitrogens with one attached hydrogen (secondary N) is 1. The molecule has 0 heterocycles. The number of hydrogen-bond donors (Lipinski definition) is 1. The molecule has 1 unspecified atom stereocenters. The Kier molecular flexibility index (Phi) is 6.78. The molecule has 3 nitrogen and oxygen atoms in total. The summed E-state index contributed by atoms with van der Waals surface area (Å²) in [5, 5.41) is 2.87. The van der Waals surface area contributed by atoms with Crippen LogP contribution in [0.1, 0.15) is 32.3 Å². The number of unbranched alkanes of at least 4 members (excludes halogenated alkanes) is 1. The third-order valence-electron chi connectivity index (χ3n) is 2.86. The molecule has 1 atom stereocenters. The molecule has 106 valence electrons. The van der Waals surface area contributed by atoms with Gasteiger partial charge in [0.1, 0.15) is 0 Å². The SMILES string of the molecule is Cc1ccc(S(=O)CCCCNC(=O)C(C)C)cc1. The number of carbonyl (C=O) groups is 1. The summed E-state index contributed by atoms with van der Waals surface area (Å²) in [6, 6.07) is 7.81. The molecule has 1 amide bonds. The van der Waals surface area contributed by atoms with Crippen molar-refractivity contribution in [2.45, 2.75) is 38.5 Å². The molecule has 19 heavy (non-hydrogen) atoms. The largest absolute Gasteiger partial charge is 0.356 e. The molecule has 0 bridgehead atoms. The minimum absolute atomic E-state index is 0.0293. The fraction of sp³-hybridized carbons (Fsp3) is 0.533. The first-order chi connectivity index (χ1) is 9.00. The normalized spacial score (nSPS) is 12.4. The van der Waals surface area contributed by atoms with Gasteiger partial charge < -0.3 is 5.32 Å². The molecule has 0 fully saturated rings. The quantitative estimate of drug-likeness (QED) is 0.781. The maximum atomic E-state index is 12.0. The molecule has 0 spiro atoms. The molecule has 1 N–H and O–H groups in total. The van der Waals surface area contributed by atoms with Gasteiger partial charge >= 0.3 is 0 Å². The molecule has 1 aromatic rings. The highest BCUT2D eigenvalue weighted by Gasteiger charge is 2.06. The molecule has 0 radical (unpaired) electrons. The summed E-state index contributed by atoms with van der Waals surface area (Å²) in [4.78, 5) is 12.2. The summed E-state index contributed by atoms with van der Waals surface area (Å²) in [6.07, 6.45) is 1.73. The zero-order valence-corrected chi connectivity index (χ0v) is 12.8. The lowest BCUT2D eigenvalue weighted by Gasteiger charge is -2.07. The van der Waals surface area contributed by atoms with Gasteiger partial charge in [0.05, 0.1) is 10.8 Å². The first kappa shape index (κ1) is 15.9. The zero-order valence-electron chi connectivity index (χ0n) is 11.9. The van der Waals surface area contributed by atoms with Gasteiger partial charge in [0.15, 0.2) is 0 Å². The maximum absolute atomic E-state index is 12.0. The molecule has 0 aliphatic heterocycles. The highest BCUT2D eigenvalue weighted by Crippen LogP contribution is 2.09. The van der Waals surface area contributed by atoms with Crippen LogP contribution in [0.15, 0.2) is 29.2 Å². The summed E-state index contributed by atoms with van der Waals surface area (Å²) in [5.74, 6) is 0.766. The molecule has 1 rings (SSSR count). The van der Waals surface area contributed by atoms with Gasteiger partial charge in [-0.1, -0.05) is 31.5 Å². The van der Waals surface area contributed by atoms with Crippen molar-refractivity contribution in [2.24, 2.45) is 5.92 Å². The van der Waals surface area contributed by atoms with Gasteiger partial charge in [0.25, 0.3) is 0 Å². The average Bonchev–Trinajstić information content (AvgIpc) is 2.38. The van der Waals surface area contributed by atoms with Crippen molar-refractivity contribution < 1.29 is 9.00 Å². The van der Waals surface area contributed by atoms with E-state index < -0.39 is 10.8 Å². The van der Waals surface area contributed by atoms with Crippen molar-refractivity contribution in [1.82, 2.24) is 5.32 Å². The Bertz CT molecular complexity index is 426. The summed E-state index contributed by atoms with van der Waals surface area (Å²) in [5.41, 5.74) is 1.18. The zero-order chi connectivity index (χ0) is 14.3. The number of amides is 1. The van der Waals surface area contributed by atoms with Gasteiger partial charge in [-0.15, -0.1) is 0 Å². The van der Waals surface area contributed by atoms with Gasteiger partial charge in [0.2, 0.25) is 5.91 Å². The minimum Gasteiger partial charge on any atom is -0.356 e. The molecular weight excluding hydrogens is 258 g/mol. The number of rotatable bonds is 7. The second-order valence-corrected chi connectivity index (χ2v) is 6.59. The van der Waals surface area contributed by atoms with Crippen LogP contribution in [-0.2, 0) is 15.6 Å². The Hall–Kier alpha value is -1.16. The second kappa shape index (κ2) is 8.10. The fourth-order valence-corrected chi connectivity index (χ4v) is 2.72. The van der Waals surface area contributed by atoms with Gasteiger partial charge in [-0.05, 0) is 31.9 Å². The fourth-order valence-electron chi connectivity index (χ4n) is 1.58. The van der Waals surface area contributed by atoms with E-state index in [1.807, 2.05) is 45.0 Å². The molecule has 0 saturated carbocycles. The highest BCUT2D eigenvalue weighted by molar-refractivity contribution is 7.85. The maximum Gasteiger partial charge on any atom is 0.222 e. The summed E-state index contributed by atoms with van der Waals surface area (Å²) in [7, 11) is -0.927. The van der Waals surface area contributed by atoms with Crippen LogP contribution in [0.25, 0.3) is 0 Å². The molecule has 0 aromatic heterocycles. The molecule has 1 aromatic carbocycles. The number of carbonyl (C=O) groups excluding carboxylic acids is 1. The van der Waals surface area contributed by atoms with Crippen LogP contribution in [0, 0.1) is 12.8 Å². The second-order valence-electron chi connectivity index (χ2n) is 5.02. The van der Waals surface area contributed by atoms with Gasteiger partial charge in [-0.25, -0.2) is 0 Å². The van der Waals surface area contributed by atoms with E-state index in [0.717, 1.165) is 17.7 Å². The van der Waals surface area contributed by atoms with Crippen molar-refractivity contribution in [2.75, 3.05) is 12.3 Å². The van der Waals surface area contributed by atoms with E-state index in [1.165, 1.54) is 5.56 Å². The van der Waals surface area contributed by atoms with E-state index in [9.17, 15) is 9.00 Å². The third kappa shape index (κ3) is 6.01. The summed E-state index contributed by atoms with van der Waals surface area (Å²) in [6.45, 7) is 6.44. The van der Waals surface area contributed by atoms with Crippen LogP contribution in [0.4, 0.5) is 0 Å². The predicted molar refractivity (Wildman–Crippen MR) is 79.5 cm³/mol. The molecular formula is C15H23NO2S. The standard InChI is InChI=1S/C15H23NO2S/c1-12(2)15(17)16-10-4-5-11-19(18)14-8-6-13(3)7-9-14/h6-9,12H,4-5,10-11H2,1-3H3,(H,16,17). The van der Waals surface area contributed by atoms with Crippen LogP contribution in [0.2, 0.25) is 0 Å². The summed E-state index contributed by atoms with van der Waals surface area (Å²) < 4.78 is 12.0. The van der Waals surface area contributed by atoms with Crippen molar-refractivity contribution in [1.29, 1.82) is 0 Å². The molecule has 0 saturated heterocycles. The predicted octanol–water partition coefficient (Wildman–Crippen LogP) is 2.66. The van der Waals surface area contributed by atoms with Crippen molar-refractivity contribution >= 4 is 16.7 Å². The number of aryl methyl sites for hydroxylation is 1. The van der Waals surface area contributed by atoms with E-state index >= 15 is 0 Å². The third-order valence-corrected chi connectivity index (χ3v) is 4.32. The van der Waals surface area contributed by atoms with Crippen LogP contribution in [0.5, 0.6) is 0 Å². The van der Waals surface area contributed by atoms with Crippen LogP contribution in [-0.4, -0.2) is 22.4 Å². The Morgan fingerprint density at radius 1 is 1.21 bits per heavy atom.